The standard InChI is InChI=1S/C18H19ClN2O.ClH/c1-13-4-2-6-15(10-13)18(22)21-9-8-20-12-17(21)14-5-3-7-16(19)11-14;/h2-7,10-11,17,20H,8-9,12H2,1H3;1H. The van der Waals surface area contributed by atoms with Gasteiger partial charge in [-0.15, -0.1) is 12.4 Å². The Bertz CT molecular complexity index is 690. The van der Waals surface area contributed by atoms with Crippen LogP contribution in [0.3, 0.4) is 0 Å². The van der Waals surface area contributed by atoms with Crippen LogP contribution >= 0.6 is 24.0 Å². The van der Waals surface area contributed by atoms with Gasteiger partial charge in [0.2, 0.25) is 0 Å². The zero-order valence-corrected chi connectivity index (χ0v) is 14.5. The molecule has 0 spiro atoms. The van der Waals surface area contributed by atoms with Crippen LogP contribution in [0.5, 0.6) is 0 Å². The summed E-state index contributed by atoms with van der Waals surface area (Å²) >= 11 is 6.11. The number of amides is 1. The lowest BCUT2D eigenvalue weighted by molar-refractivity contribution is 0.0634. The average Bonchev–Trinajstić information content (AvgIpc) is 2.54. The van der Waals surface area contributed by atoms with E-state index in [-0.39, 0.29) is 24.4 Å². The molecule has 0 aliphatic carbocycles. The van der Waals surface area contributed by atoms with Gasteiger partial charge in [-0.1, -0.05) is 41.4 Å². The van der Waals surface area contributed by atoms with Gasteiger partial charge in [0.1, 0.15) is 0 Å². The fourth-order valence-electron chi connectivity index (χ4n) is 2.90. The molecule has 0 saturated carbocycles. The number of nitrogens with one attached hydrogen (secondary N) is 1. The van der Waals surface area contributed by atoms with Gasteiger partial charge in [-0.2, -0.15) is 0 Å². The molecule has 0 radical (unpaired) electrons. The lowest BCUT2D eigenvalue weighted by Crippen LogP contribution is -2.48. The van der Waals surface area contributed by atoms with E-state index in [2.05, 4.69) is 5.32 Å². The van der Waals surface area contributed by atoms with Crippen LogP contribution in [-0.2, 0) is 0 Å². The molecule has 2 aromatic carbocycles. The van der Waals surface area contributed by atoms with Gasteiger partial charge in [0, 0.05) is 30.2 Å². The number of hydrogen-bond acceptors (Lipinski definition) is 2. The summed E-state index contributed by atoms with van der Waals surface area (Å²) in [5.41, 5.74) is 2.91. The maximum Gasteiger partial charge on any atom is 0.254 e. The fraction of sp³-hybridized carbons (Fsp3) is 0.278. The van der Waals surface area contributed by atoms with Crippen molar-refractivity contribution in [2.45, 2.75) is 13.0 Å². The molecule has 1 unspecified atom stereocenters. The van der Waals surface area contributed by atoms with Gasteiger partial charge in [0.15, 0.2) is 0 Å². The molecule has 0 bridgehead atoms. The Labute approximate surface area is 148 Å². The van der Waals surface area contributed by atoms with Crippen molar-refractivity contribution in [1.82, 2.24) is 10.2 Å². The summed E-state index contributed by atoms with van der Waals surface area (Å²) in [7, 11) is 0. The van der Waals surface area contributed by atoms with Gasteiger partial charge in [-0.3, -0.25) is 4.79 Å². The van der Waals surface area contributed by atoms with Gasteiger partial charge in [0.25, 0.3) is 5.91 Å². The molecule has 3 nitrogen and oxygen atoms in total. The average molecular weight is 351 g/mol. The van der Waals surface area contributed by atoms with Crippen LogP contribution in [0.15, 0.2) is 48.5 Å². The monoisotopic (exact) mass is 350 g/mol. The molecule has 23 heavy (non-hydrogen) atoms. The zero-order chi connectivity index (χ0) is 15.5. The molecule has 5 heteroatoms. The third-order valence-electron chi connectivity index (χ3n) is 4.00. The second-order valence-electron chi connectivity index (χ2n) is 5.64. The van der Waals surface area contributed by atoms with Crippen LogP contribution in [-0.4, -0.2) is 30.4 Å². The lowest BCUT2D eigenvalue weighted by atomic mass is 10.0. The number of hydrogen-bond donors (Lipinski definition) is 1. The summed E-state index contributed by atoms with van der Waals surface area (Å²) in [5.74, 6) is 0.0789. The molecule has 0 aromatic heterocycles. The molecule has 1 N–H and O–H groups in total. The predicted octanol–water partition coefficient (Wildman–Crippen LogP) is 3.86. The van der Waals surface area contributed by atoms with Crippen molar-refractivity contribution in [3.63, 3.8) is 0 Å². The summed E-state index contributed by atoms with van der Waals surface area (Å²) in [6.07, 6.45) is 0. The number of halogens is 2. The van der Waals surface area contributed by atoms with Crippen LogP contribution in [0.2, 0.25) is 5.02 Å². The van der Waals surface area contributed by atoms with Crippen molar-refractivity contribution < 1.29 is 4.79 Å². The third kappa shape index (κ3) is 4.05. The van der Waals surface area contributed by atoms with Crippen LogP contribution in [0, 0.1) is 6.92 Å². The number of carbonyl (C=O) groups is 1. The first-order valence-corrected chi connectivity index (χ1v) is 7.87. The van der Waals surface area contributed by atoms with Gasteiger partial charge in [0.05, 0.1) is 6.04 Å². The topological polar surface area (TPSA) is 32.3 Å². The van der Waals surface area contributed by atoms with E-state index in [0.29, 0.717) is 11.6 Å². The fourth-order valence-corrected chi connectivity index (χ4v) is 3.10. The highest BCUT2D eigenvalue weighted by Gasteiger charge is 2.28. The highest BCUT2D eigenvalue weighted by Crippen LogP contribution is 2.26. The number of carbonyl (C=O) groups excluding carboxylic acids is 1. The molecule has 1 aliphatic rings. The smallest absolute Gasteiger partial charge is 0.254 e. The number of rotatable bonds is 2. The van der Waals surface area contributed by atoms with E-state index in [0.717, 1.165) is 29.8 Å². The molecule has 3 rings (SSSR count). The number of benzene rings is 2. The van der Waals surface area contributed by atoms with E-state index in [9.17, 15) is 4.79 Å². The van der Waals surface area contributed by atoms with Gasteiger partial charge in [-0.05, 0) is 36.8 Å². The molecule has 1 heterocycles. The van der Waals surface area contributed by atoms with E-state index in [1.807, 2.05) is 60.4 Å². The van der Waals surface area contributed by atoms with E-state index >= 15 is 0 Å². The maximum atomic E-state index is 12.9. The second-order valence-corrected chi connectivity index (χ2v) is 6.08. The number of aryl methyl sites for hydroxylation is 1. The number of piperazine rings is 1. The minimum absolute atomic E-state index is 0. The summed E-state index contributed by atoms with van der Waals surface area (Å²) in [5, 5.41) is 4.06. The molecule has 1 fully saturated rings. The van der Waals surface area contributed by atoms with Crippen LogP contribution < -0.4 is 5.32 Å². The Hall–Kier alpha value is -1.55. The van der Waals surface area contributed by atoms with Gasteiger partial charge in [-0.25, -0.2) is 0 Å². The van der Waals surface area contributed by atoms with Crippen LogP contribution in [0.1, 0.15) is 27.5 Å². The summed E-state index contributed by atoms with van der Waals surface area (Å²) in [6.45, 7) is 4.26. The maximum absolute atomic E-state index is 12.9. The summed E-state index contributed by atoms with van der Waals surface area (Å²) < 4.78 is 0. The van der Waals surface area contributed by atoms with E-state index in [1.54, 1.807) is 0 Å². The highest BCUT2D eigenvalue weighted by molar-refractivity contribution is 6.30. The first-order chi connectivity index (χ1) is 10.6. The molecule has 1 amide bonds. The van der Waals surface area contributed by atoms with E-state index in [1.165, 1.54) is 0 Å². The second kappa shape index (κ2) is 7.82. The summed E-state index contributed by atoms with van der Waals surface area (Å²) in [4.78, 5) is 14.8. The Balaban J connectivity index is 0.00000192. The molecular weight excluding hydrogens is 331 g/mol. The van der Waals surface area contributed by atoms with Crippen molar-refractivity contribution in [3.05, 3.63) is 70.2 Å². The van der Waals surface area contributed by atoms with Crippen LogP contribution in [0.4, 0.5) is 0 Å². The van der Waals surface area contributed by atoms with E-state index in [4.69, 9.17) is 11.6 Å². The highest BCUT2D eigenvalue weighted by atomic mass is 35.5. The van der Waals surface area contributed by atoms with Crippen molar-refractivity contribution in [3.8, 4) is 0 Å². The Kier molecular flexibility index (Phi) is 6.05. The SMILES string of the molecule is Cc1cccc(C(=O)N2CCNCC2c2cccc(Cl)c2)c1.Cl. The quantitative estimate of drug-likeness (QED) is 0.891. The van der Waals surface area contributed by atoms with Crippen LogP contribution in [0.25, 0.3) is 0 Å². The lowest BCUT2D eigenvalue weighted by Gasteiger charge is -2.36. The molecular formula is C18H20Cl2N2O. The van der Waals surface area contributed by atoms with Crippen molar-refractivity contribution >= 4 is 29.9 Å². The zero-order valence-electron chi connectivity index (χ0n) is 13.0. The number of nitrogens with zero attached hydrogens (tertiary/aromatic N) is 1. The molecule has 122 valence electrons. The normalized spacial score (nSPS) is 17.5. The van der Waals surface area contributed by atoms with Crippen molar-refractivity contribution in [2.75, 3.05) is 19.6 Å². The predicted molar refractivity (Wildman–Crippen MR) is 96.5 cm³/mol. The minimum atomic E-state index is 0. The Morgan fingerprint density at radius 3 is 2.74 bits per heavy atom. The largest absolute Gasteiger partial charge is 0.329 e. The van der Waals surface area contributed by atoms with Crippen molar-refractivity contribution in [2.24, 2.45) is 0 Å². The van der Waals surface area contributed by atoms with Gasteiger partial charge < -0.3 is 10.2 Å². The minimum Gasteiger partial charge on any atom is -0.329 e. The van der Waals surface area contributed by atoms with Gasteiger partial charge >= 0.3 is 0 Å². The molecule has 1 saturated heterocycles. The Morgan fingerprint density at radius 2 is 2.00 bits per heavy atom. The first-order valence-electron chi connectivity index (χ1n) is 7.49. The van der Waals surface area contributed by atoms with Crippen molar-refractivity contribution in [1.29, 1.82) is 0 Å². The summed E-state index contributed by atoms with van der Waals surface area (Å²) in [6, 6.07) is 15.5. The Morgan fingerprint density at radius 1 is 1.22 bits per heavy atom. The first kappa shape index (κ1) is 17.8. The third-order valence-corrected chi connectivity index (χ3v) is 4.24. The molecule has 2 aromatic rings. The molecule has 1 aliphatic heterocycles. The molecule has 1 atom stereocenters. The van der Waals surface area contributed by atoms with E-state index < -0.39 is 0 Å².